The van der Waals surface area contributed by atoms with Crippen molar-refractivity contribution >= 4 is 17.0 Å². The number of aliphatic hydroxyl groups is 1. The lowest BCUT2D eigenvalue weighted by molar-refractivity contribution is -0.136. The van der Waals surface area contributed by atoms with E-state index in [1.807, 2.05) is 0 Å². The number of aromatic amines is 1. The highest BCUT2D eigenvalue weighted by Gasteiger charge is 2.38. The highest BCUT2D eigenvalue weighted by atomic mass is 19.4. The summed E-state index contributed by atoms with van der Waals surface area (Å²) in [6, 6.07) is 0. The number of halogens is 3. The van der Waals surface area contributed by atoms with Gasteiger partial charge in [0.25, 0.3) is 5.56 Å². The first-order chi connectivity index (χ1) is 10.3. The molecule has 2 unspecified atom stereocenters. The number of aliphatic hydroxyl groups excluding tert-OH is 1. The Labute approximate surface area is 121 Å². The van der Waals surface area contributed by atoms with E-state index in [2.05, 4.69) is 9.97 Å². The number of nitrogens with one attached hydrogen (secondary N) is 1. The molecule has 7 nitrogen and oxygen atoms in total. The molecule has 0 aromatic carbocycles. The molecule has 1 fully saturated rings. The standard InChI is InChI=1S/C12H13F3N4O3/c13-12(14,15)6-3-19(7-2-1-5(4-20)22-7)9-8(6)10(21)18-11(16)17-9/h3,5,7,20H,1-2,4H2,(H3,16,17,18,21). The van der Waals surface area contributed by atoms with Crippen LogP contribution in [-0.4, -0.2) is 32.4 Å². The quantitative estimate of drug-likeness (QED) is 0.766. The molecule has 0 aliphatic carbocycles. The minimum atomic E-state index is -4.71. The number of H-pyrrole nitrogens is 1. The molecule has 0 radical (unpaired) electrons. The molecule has 1 saturated heterocycles. The van der Waals surface area contributed by atoms with E-state index in [9.17, 15) is 18.0 Å². The van der Waals surface area contributed by atoms with Gasteiger partial charge in [-0.2, -0.15) is 18.2 Å². The van der Waals surface area contributed by atoms with Gasteiger partial charge in [-0.3, -0.25) is 9.78 Å². The van der Waals surface area contributed by atoms with Crippen LogP contribution in [0.15, 0.2) is 11.0 Å². The van der Waals surface area contributed by atoms with Crippen LogP contribution in [0.3, 0.4) is 0 Å². The maximum Gasteiger partial charge on any atom is 0.418 e. The fourth-order valence-corrected chi connectivity index (χ4v) is 2.63. The molecule has 22 heavy (non-hydrogen) atoms. The number of aromatic nitrogens is 3. The normalized spacial score (nSPS) is 22.5. The predicted molar refractivity (Wildman–Crippen MR) is 70.0 cm³/mol. The lowest BCUT2D eigenvalue weighted by Crippen LogP contribution is -2.16. The summed E-state index contributed by atoms with van der Waals surface area (Å²) < 4.78 is 46.0. The Hall–Kier alpha value is -2.07. The van der Waals surface area contributed by atoms with Crippen LogP contribution in [0.5, 0.6) is 0 Å². The molecule has 1 aliphatic heterocycles. The van der Waals surface area contributed by atoms with E-state index in [4.69, 9.17) is 15.6 Å². The summed E-state index contributed by atoms with van der Waals surface area (Å²) in [5, 5.41) is 8.49. The summed E-state index contributed by atoms with van der Waals surface area (Å²) in [5.74, 6) is -0.276. The van der Waals surface area contributed by atoms with Gasteiger partial charge in [0.15, 0.2) is 5.65 Å². The first kappa shape index (κ1) is 14.9. The fraction of sp³-hybridized carbons (Fsp3) is 0.500. The molecule has 2 atom stereocenters. The minimum Gasteiger partial charge on any atom is -0.394 e. The molecule has 10 heteroatoms. The van der Waals surface area contributed by atoms with Crippen LogP contribution in [-0.2, 0) is 10.9 Å². The third-order valence-electron chi connectivity index (χ3n) is 3.61. The van der Waals surface area contributed by atoms with Gasteiger partial charge in [-0.1, -0.05) is 0 Å². The van der Waals surface area contributed by atoms with Crippen LogP contribution in [0.1, 0.15) is 24.6 Å². The van der Waals surface area contributed by atoms with E-state index in [1.165, 1.54) is 0 Å². The Balaban J connectivity index is 2.21. The van der Waals surface area contributed by atoms with Crippen LogP contribution in [0.2, 0.25) is 0 Å². The summed E-state index contributed by atoms with van der Waals surface area (Å²) in [4.78, 5) is 17.7. The third-order valence-corrected chi connectivity index (χ3v) is 3.61. The van der Waals surface area contributed by atoms with Gasteiger partial charge in [-0.05, 0) is 12.8 Å². The molecule has 2 aromatic rings. The summed E-state index contributed by atoms with van der Waals surface area (Å²) >= 11 is 0. The van der Waals surface area contributed by atoms with E-state index in [-0.39, 0.29) is 18.2 Å². The zero-order chi connectivity index (χ0) is 16.1. The highest BCUT2D eigenvalue weighted by molar-refractivity contribution is 5.81. The smallest absolute Gasteiger partial charge is 0.394 e. The third kappa shape index (κ3) is 2.33. The van der Waals surface area contributed by atoms with Gasteiger partial charge in [-0.15, -0.1) is 0 Å². The fourth-order valence-electron chi connectivity index (χ4n) is 2.63. The van der Waals surface area contributed by atoms with Gasteiger partial charge < -0.3 is 20.1 Å². The van der Waals surface area contributed by atoms with Crippen LogP contribution in [0.4, 0.5) is 19.1 Å². The molecule has 3 heterocycles. The van der Waals surface area contributed by atoms with Crippen LogP contribution < -0.4 is 11.3 Å². The number of rotatable bonds is 2. The number of alkyl halides is 3. The summed E-state index contributed by atoms with van der Waals surface area (Å²) in [6.07, 6.45) is -4.18. The number of hydrogen-bond acceptors (Lipinski definition) is 5. The van der Waals surface area contributed by atoms with Crippen LogP contribution in [0.25, 0.3) is 11.0 Å². The molecule has 1 aliphatic rings. The van der Waals surface area contributed by atoms with Gasteiger partial charge in [0.05, 0.1) is 23.7 Å². The number of ether oxygens (including phenoxy) is 1. The van der Waals surface area contributed by atoms with Crippen molar-refractivity contribution < 1.29 is 23.0 Å². The molecule has 0 amide bonds. The Bertz CT molecular complexity index is 767. The van der Waals surface area contributed by atoms with E-state index < -0.39 is 35.0 Å². The monoisotopic (exact) mass is 318 g/mol. The lowest BCUT2D eigenvalue weighted by Gasteiger charge is -2.14. The van der Waals surface area contributed by atoms with Gasteiger partial charge >= 0.3 is 6.18 Å². The highest BCUT2D eigenvalue weighted by Crippen LogP contribution is 2.38. The molecular weight excluding hydrogens is 305 g/mol. The lowest BCUT2D eigenvalue weighted by atomic mass is 10.2. The van der Waals surface area contributed by atoms with Crippen molar-refractivity contribution in [3.8, 4) is 0 Å². The molecule has 0 spiro atoms. The topological polar surface area (TPSA) is 106 Å². The molecule has 120 valence electrons. The molecule has 0 bridgehead atoms. The van der Waals surface area contributed by atoms with Crippen molar-refractivity contribution in [2.24, 2.45) is 0 Å². The van der Waals surface area contributed by atoms with E-state index in [1.54, 1.807) is 0 Å². The van der Waals surface area contributed by atoms with Crippen LogP contribution in [0, 0.1) is 0 Å². The van der Waals surface area contributed by atoms with E-state index in [0.29, 0.717) is 12.8 Å². The van der Waals surface area contributed by atoms with Crippen molar-refractivity contribution in [3.05, 3.63) is 22.1 Å². The molecule has 3 rings (SSSR count). The van der Waals surface area contributed by atoms with Crippen molar-refractivity contribution in [1.29, 1.82) is 0 Å². The van der Waals surface area contributed by atoms with Crippen LogP contribution >= 0.6 is 0 Å². The molecular formula is C12H13F3N4O3. The number of nitrogens with two attached hydrogens (primary N) is 1. The zero-order valence-electron chi connectivity index (χ0n) is 11.2. The second-order valence-electron chi connectivity index (χ2n) is 5.07. The maximum absolute atomic E-state index is 13.1. The first-order valence-corrected chi connectivity index (χ1v) is 6.55. The Morgan fingerprint density at radius 3 is 2.82 bits per heavy atom. The number of hydrogen-bond donors (Lipinski definition) is 3. The van der Waals surface area contributed by atoms with E-state index >= 15 is 0 Å². The number of nitrogens with zero attached hydrogens (tertiary/aromatic N) is 2. The van der Waals surface area contributed by atoms with Gasteiger partial charge in [0.2, 0.25) is 5.95 Å². The Morgan fingerprint density at radius 2 is 2.23 bits per heavy atom. The van der Waals surface area contributed by atoms with Gasteiger partial charge in [0.1, 0.15) is 6.23 Å². The van der Waals surface area contributed by atoms with Crippen molar-refractivity contribution in [3.63, 3.8) is 0 Å². The maximum atomic E-state index is 13.1. The van der Waals surface area contributed by atoms with E-state index in [0.717, 1.165) is 10.8 Å². The molecule has 4 N–H and O–H groups in total. The Kier molecular flexibility index (Phi) is 3.37. The predicted octanol–water partition coefficient (Wildman–Crippen LogP) is 0.995. The van der Waals surface area contributed by atoms with Gasteiger partial charge in [0, 0.05) is 6.20 Å². The van der Waals surface area contributed by atoms with Crippen molar-refractivity contribution in [1.82, 2.24) is 14.5 Å². The molecule has 0 saturated carbocycles. The second-order valence-corrected chi connectivity index (χ2v) is 5.07. The number of anilines is 1. The number of nitrogen functional groups attached to an aromatic ring is 1. The Morgan fingerprint density at radius 1 is 1.50 bits per heavy atom. The largest absolute Gasteiger partial charge is 0.418 e. The SMILES string of the molecule is Nc1nc2c(c(C(F)(F)F)cn2C2CCC(CO)O2)c(=O)[nH]1. The average molecular weight is 318 g/mol. The summed E-state index contributed by atoms with van der Waals surface area (Å²) in [7, 11) is 0. The number of fused-ring (bicyclic) bond motifs is 1. The zero-order valence-corrected chi connectivity index (χ0v) is 11.2. The van der Waals surface area contributed by atoms with Crippen molar-refractivity contribution in [2.45, 2.75) is 31.3 Å². The average Bonchev–Trinajstić information content (AvgIpc) is 3.01. The minimum absolute atomic E-state index is 0.183. The van der Waals surface area contributed by atoms with Gasteiger partial charge in [-0.25, -0.2) is 0 Å². The van der Waals surface area contributed by atoms with Crippen molar-refractivity contribution in [2.75, 3.05) is 12.3 Å². The summed E-state index contributed by atoms with van der Waals surface area (Å²) in [6.45, 7) is -0.224. The second kappa shape index (κ2) is 4.99. The summed E-state index contributed by atoms with van der Waals surface area (Å²) in [5.41, 5.74) is 3.19. The first-order valence-electron chi connectivity index (χ1n) is 6.55. The molecule has 2 aromatic heterocycles.